The second-order valence-corrected chi connectivity index (χ2v) is 8.45. The molecule has 1 aromatic carbocycles. The van der Waals surface area contributed by atoms with Crippen LogP contribution in [0, 0.1) is 5.92 Å². The number of fused-ring (bicyclic) bond motifs is 1. The van der Waals surface area contributed by atoms with E-state index in [-0.39, 0.29) is 24.4 Å². The molecule has 0 saturated carbocycles. The second-order valence-electron chi connectivity index (χ2n) is 8.45. The Morgan fingerprint density at radius 2 is 1.97 bits per heavy atom. The lowest BCUT2D eigenvalue weighted by Gasteiger charge is -2.27. The molecule has 0 bridgehead atoms. The number of halogens is 3. The molecule has 33 heavy (non-hydrogen) atoms. The zero-order valence-electron chi connectivity index (χ0n) is 18.3. The van der Waals surface area contributed by atoms with E-state index in [2.05, 4.69) is 39.2 Å². The van der Waals surface area contributed by atoms with Crippen LogP contribution >= 0.6 is 0 Å². The van der Waals surface area contributed by atoms with Crippen molar-refractivity contribution >= 4 is 5.91 Å². The van der Waals surface area contributed by atoms with E-state index in [0.29, 0.717) is 24.3 Å². The van der Waals surface area contributed by atoms with Crippen molar-refractivity contribution < 1.29 is 18.0 Å². The van der Waals surface area contributed by atoms with Gasteiger partial charge in [0, 0.05) is 25.5 Å². The van der Waals surface area contributed by atoms with E-state index in [4.69, 9.17) is 0 Å². The van der Waals surface area contributed by atoms with E-state index in [0.717, 1.165) is 29.0 Å². The number of pyridine rings is 1. The SMILES string of the molecule is CC(C)[C@H]1c2ncc(C(=O)NCc3cccnn3)cc2CN1Cc1ccc(C(F)(F)F)cc1. The highest BCUT2D eigenvalue weighted by Crippen LogP contribution is 2.39. The molecule has 0 unspecified atom stereocenters. The highest BCUT2D eigenvalue weighted by atomic mass is 19.4. The van der Waals surface area contributed by atoms with Crippen LogP contribution in [0.25, 0.3) is 0 Å². The van der Waals surface area contributed by atoms with Crippen molar-refractivity contribution in [2.24, 2.45) is 5.92 Å². The monoisotopic (exact) mass is 455 g/mol. The van der Waals surface area contributed by atoms with Crippen molar-refractivity contribution in [2.75, 3.05) is 0 Å². The third-order valence-electron chi connectivity index (χ3n) is 5.67. The topological polar surface area (TPSA) is 71.0 Å². The maximum atomic E-state index is 12.9. The van der Waals surface area contributed by atoms with Gasteiger partial charge in [0.25, 0.3) is 5.91 Å². The summed E-state index contributed by atoms with van der Waals surface area (Å²) in [7, 11) is 0. The molecule has 172 valence electrons. The van der Waals surface area contributed by atoms with Crippen LogP contribution in [0.1, 0.15) is 58.3 Å². The van der Waals surface area contributed by atoms with E-state index in [1.165, 1.54) is 12.1 Å². The molecule has 6 nitrogen and oxygen atoms in total. The van der Waals surface area contributed by atoms with Gasteiger partial charge in [0.15, 0.2) is 0 Å². The molecule has 9 heteroatoms. The number of rotatable bonds is 6. The average molecular weight is 455 g/mol. The first kappa shape index (κ1) is 22.8. The summed E-state index contributed by atoms with van der Waals surface area (Å²) >= 11 is 0. The van der Waals surface area contributed by atoms with Gasteiger partial charge in [0.05, 0.1) is 35.1 Å². The molecule has 0 aliphatic carbocycles. The quantitative estimate of drug-likeness (QED) is 0.591. The van der Waals surface area contributed by atoms with Crippen LogP contribution < -0.4 is 5.32 Å². The molecular formula is C24H24F3N5O. The summed E-state index contributed by atoms with van der Waals surface area (Å²) in [5, 5.41) is 10.6. The first-order valence-corrected chi connectivity index (χ1v) is 10.7. The molecule has 0 saturated heterocycles. The number of nitrogens with zero attached hydrogens (tertiary/aromatic N) is 4. The molecule has 0 spiro atoms. The predicted octanol–water partition coefficient (Wildman–Crippen LogP) is 4.53. The van der Waals surface area contributed by atoms with E-state index in [9.17, 15) is 18.0 Å². The van der Waals surface area contributed by atoms with Gasteiger partial charge in [0.2, 0.25) is 0 Å². The minimum Gasteiger partial charge on any atom is -0.346 e. The lowest BCUT2D eigenvalue weighted by Crippen LogP contribution is -2.26. The van der Waals surface area contributed by atoms with Gasteiger partial charge in [-0.05, 0) is 47.4 Å². The first-order valence-electron chi connectivity index (χ1n) is 10.7. The molecule has 0 radical (unpaired) electrons. The predicted molar refractivity (Wildman–Crippen MR) is 116 cm³/mol. The summed E-state index contributed by atoms with van der Waals surface area (Å²) in [5.74, 6) is -0.0113. The number of nitrogens with one attached hydrogen (secondary N) is 1. The minimum atomic E-state index is -4.35. The summed E-state index contributed by atoms with van der Waals surface area (Å²) in [6, 6.07) is 10.6. The zero-order valence-corrected chi connectivity index (χ0v) is 18.3. The van der Waals surface area contributed by atoms with Gasteiger partial charge >= 0.3 is 6.18 Å². The van der Waals surface area contributed by atoms with Crippen molar-refractivity contribution in [1.82, 2.24) is 25.4 Å². The van der Waals surface area contributed by atoms with Gasteiger partial charge < -0.3 is 5.32 Å². The molecule has 3 aromatic rings. The zero-order chi connectivity index (χ0) is 23.6. The van der Waals surface area contributed by atoms with Gasteiger partial charge in [-0.15, -0.1) is 0 Å². The number of carbonyl (C=O) groups is 1. The van der Waals surface area contributed by atoms with Crippen molar-refractivity contribution in [3.8, 4) is 0 Å². The highest BCUT2D eigenvalue weighted by molar-refractivity contribution is 5.94. The third kappa shape index (κ3) is 5.19. The summed E-state index contributed by atoms with van der Waals surface area (Å²) in [6.07, 6.45) is -1.21. The molecule has 1 N–H and O–H groups in total. The normalized spacial score (nSPS) is 16.1. The van der Waals surface area contributed by atoms with E-state index < -0.39 is 11.7 Å². The second kappa shape index (κ2) is 9.27. The average Bonchev–Trinajstić information content (AvgIpc) is 3.15. The van der Waals surface area contributed by atoms with Crippen LogP contribution in [0.2, 0.25) is 0 Å². The van der Waals surface area contributed by atoms with Gasteiger partial charge in [-0.2, -0.15) is 23.4 Å². The number of aromatic nitrogens is 3. The number of hydrogen-bond donors (Lipinski definition) is 1. The van der Waals surface area contributed by atoms with E-state index >= 15 is 0 Å². The van der Waals surface area contributed by atoms with Crippen molar-refractivity contribution in [3.05, 3.63) is 88.5 Å². The molecule has 0 fully saturated rings. The molecule has 4 rings (SSSR count). The molecule has 3 heterocycles. The lowest BCUT2D eigenvalue weighted by atomic mass is 9.99. The Bertz CT molecular complexity index is 1120. The van der Waals surface area contributed by atoms with Gasteiger partial charge in [-0.25, -0.2) is 0 Å². The van der Waals surface area contributed by atoms with Crippen LogP contribution in [-0.4, -0.2) is 26.0 Å². The molecule has 1 amide bonds. The first-order chi connectivity index (χ1) is 15.7. The summed E-state index contributed by atoms with van der Waals surface area (Å²) in [6.45, 7) is 5.49. The number of amides is 1. The minimum absolute atomic E-state index is 0.0130. The Balaban J connectivity index is 1.48. The standard InChI is InChI=1S/C24H24F3N5O/c1-15(2)22-21-18(14-32(22)13-16-5-7-19(8-6-16)24(25,26)27)10-17(11-28-21)23(33)29-12-20-4-3-9-30-31-20/h3-11,15,22H,12-14H2,1-2H3,(H,29,33)/t22-/m0/s1. The van der Waals surface area contributed by atoms with Gasteiger partial charge in [-0.3, -0.25) is 14.7 Å². The number of carbonyl (C=O) groups excluding carboxylic acids is 1. The fourth-order valence-electron chi connectivity index (χ4n) is 4.15. The Hall–Kier alpha value is -3.33. The molecule has 1 aliphatic rings. The Morgan fingerprint density at radius 3 is 2.61 bits per heavy atom. The molecule has 1 aliphatic heterocycles. The number of benzene rings is 1. The van der Waals surface area contributed by atoms with Crippen LogP contribution in [0.5, 0.6) is 0 Å². The van der Waals surface area contributed by atoms with E-state index in [1.54, 1.807) is 24.5 Å². The number of alkyl halides is 3. The molecule has 2 aromatic heterocycles. The maximum Gasteiger partial charge on any atom is 0.416 e. The van der Waals surface area contributed by atoms with E-state index in [1.807, 2.05) is 6.07 Å². The van der Waals surface area contributed by atoms with Gasteiger partial charge in [-0.1, -0.05) is 26.0 Å². The summed E-state index contributed by atoms with van der Waals surface area (Å²) in [4.78, 5) is 19.4. The lowest BCUT2D eigenvalue weighted by molar-refractivity contribution is -0.137. The number of hydrogen-bond acceptors (Lipinski definition) is 5. The van der Waals surface area contributed by atoms with Crippen molar-refractivity contribution in [3.63, 3.8) is 0 Å². The van der Waals surface area contributed by atoms with Crippen LogP contribution in [0.15, 0.2) is 54.9 Å². The smallest absolute Gasteiger partial charge is 0.346 e. The molecule has 1 atom stereocenters. The Kier molecular flexibility index (Phi) is 6.42. The fraction of sp³-hybridized carbons (Fsp3) is 0.333. The largest absolute Gasteiger partial charge is 0.416 e. The van der Waals surface area contributed by atoms with Crippen LogP contribution in [-0.2, 0) is 25.8 Å². The summed E-state index contributed by atoms with van der Waals surface area (Å²) in [5.41, 5.74) is 3.10. The van der Waals surface area contributed by atoms with Gasteiger partial charge in [0.1, 0.15) is 0 Å². The maximum absolute atomic E-state index is 12.9. The molecular weight excluding hydrogens is 431 g/mol. The van der Waals surface area contributed by atoms with Crippen molar-refractivity contribution in [1.29, 1.82) is 0 Å². The highest BCUT2D eigenvalue weighted by Gasteiger charge is 2.35. The Labute approximate surface area is 189 Å². The fourth-order valence-corrected chi connectivity index (χ4v) is 4.15. The Morgan fingerprint density at radius 1 is 1.21 bits per heavy atom. The van der Waals surface area contributed by atoms with Crippen LogP contribution in [0.3, 0.4) is 0 Å². The summed E-state index contributed by atoms with van der Waals surface area (Å²) < 4.78 is 38.6. The van der Waals surface area contributed by atoms with Crippen LogP contribution in [0.4, 0.5) is 13.2 Å². The van der Waals surface area contributed by atoms with Crippen molar-refractivity contribution in [2.45, 2.75) is 45.7 Å². The third-order valence-corrected chi connectivity index (χ3v) is 5.67.